The molecule has 0 saturated carbocycles. The molecule has 0 aromatic heterocycles. The van der Waals surface area contributed by atoms with Gasteiger partial charge in [-0.15, -0.1) is 39.7 Å². The molecule has 0 N–H and O–H groups in total. The average molecular weight is 485 g/mol. The fraction of sp³-hybridized carbons (Fsp3) is 0. The molecular weight excluding hydrogens is 478 g/mol. The fourth-order valence-corrected chi connectivity index (χ4v) is 2.72. The molecule has 91 valence electrons. The van der Waals surface area contributed by atoms with E-state index < -0.39 is 0 Å². The molecule has 3 aromatic rings. The predicted molar refractivity (Wildman–Crippen MR) is 72.4 cm³/mol. The summed E-state index contributed by atoms with van der Waals surface area (Å²) < 4.78 is 2.26. The van der Waals surface area contributed by atoms with Crippen molar-refractivity contribution in [1.82, 2.24) is 0 Å². The summed E-state index contributed by atoms with van der Waals surface area (Å²) in [5.41, 5.74) is 0. The molecule has 5 heteroatoms. The molecule has 0 saturated heterocycles. The van der Waals surface area contributed by atoms with E-state index in [1.165, 1.54) is 21.5 Å². The first-order chi connectivity index (χ1) is 7.24. The quantitative estimate of drug-likeness (QED) is 0.368. The Morgan fingerprint density at radius 3 is 1.50 bits per heavy atom. The molecule has 0 aliphatic carbocycles. The van der Waals surface area contributed by atoms with Gasteiger partial charge in [0.2, 0.25) is 0 Å². The number of benzene rings is 2. The Bertz CT molecular complexity index is 608. The molecule has 0 fully saturated rings. The third-order valence-corrected chi connectivity index (χ3v) is 3.61. The Morgan fingerprint density at radius 1 is 0.722 bits per heavy atom. The van der Waals surface area contributed by atoms with Crippen molar-refractivity contribution in [2.45, 2.75) is 0 Å². The van der Waals surface area contributed by atoms with Crippen LogP contribution in [0.2, 0.25) is 0 Å². The zero-order valence-electron chi connectivity index (χ0n) is 9.05. The summed E-state index contributed by atoms with van der Waals surface area (Å²) in [4.78, 5) is 0. The van der Waals surface area contributed by atoms with Crippen molar-refractivity contribution < 1.29 is 51.0 Å². The van der Waals surface area contributed by atoms with Crippen LogP contribution in [0.15, 0.2) is 51.4 Å². The molecule has 0 heterocycles. The van der Waals surface area contributed by atoms with Crippen LogP contribution >= 0.6 is 31.9 Å². The number of hydrogen-bond donors (Lipinski definition) is 0. The van der Waals surface area contributed by atoms with Crippen LogP contribution < -0.4 is 24.8 Å². The van der Waals surface area contributed by atoms with Gasteiger partial charge in [-0.05, 0) is 8.95 Å². The van der Waals surface area contributed by atoms with E-state index in [9.17, 15) is 0 Å². The van der Waals surface area contributed by atoms with Gasteiger partial charge in [0.15, 0.2) is 0 Å². The SMILES string of the molecule is Brc1ccc2c(c1)[cH-]c1cc(Br)ccc12.[Cl-].[Cl-].[Zr+3]. The summed E-state index contributed by atoms with van der Waals surface area (Å²) in [6.07, 6.45) is 0. The summed E-state index contributed by atoms with van der Waals surface area (Å²) in [5.74, 6) is 0. The molecule has 0 nitrogen and oxygen atoms in total. The van der Waals surface area contributed by atoms with Crippen molar-refractivity contribution >= 4 is 53.4 Å². The Morgan fingerprint density at radius 2 is 1.11 bits per heavy atom. The van der Waals surface area contributed by atoms with Crippen molar-refractivity contribution in [3.63, 3.8) is 0 Å². The maximum absolute atomic E-state index is 3.49. The van der Waals surface area contributed by atoms with E-state index in [1.54, 1.807) is 0 Å². The van der Waals surface area contributed by atoms with Crippen LogP contribution in [-0.2, 0) is 26.2 Å². The van der Waals surface area contributed by atoms with Crippen LogP contribution in [0, 0.1) is 0 Å². The van der Waals surface area contributed by atoms with E-state index in [0.29, 0.717) is 0 Å². The Kier molecular flexibility index (Phi) is 7.80. The summed E-state index contributed by atoms with van der Waals surface area (Å²) in [5, 5.41) is 5.22. The molecule has 0 bridgehead atoms. The van der Waals surface area contributed by atoms with Crippen LogP contribution in [0.1, 0.15) is 0 Å². The molecule has 3 aromatic carbocycles. The summed E-state index contributed by atoms with van der Waals surface area (Å²) in [6.45, 7) is 0. The molecule has 0 aliphatic rings. The smallest absolute Gasteiger partial charge is 1.00 e. The molecule has 0 spiro atoms. The standard InChI is InChI=1S/C13H7Br2.2ClH.Zr/c14-10-1-3-12-8(6-10)5-9-7-11(15)2-4-13(9)12;;;/h1-7H;2*1H;/q-1;;;+3/p-2. The number of rotatable bonds is 0. The van der Waals surface area contributed by atoms with Crippen molar-refractivity contribution in [1.29, 1.82) is 0 Å². The van der Waals surface area contributed by atoms with Crippen LogP contribution in [0.25, 0.3) is 21.5 Å². The third-order valence-electron chi connectivity index (χ3n) is 2.63. The first-order valence-corrected chi connectivity index (χ1v) is 6.27. The predicted octanol–water partition coefficient (Wildman–Crippen LogP) is -0.758. The Labute approximate surface area is 154 Å². The second kappa shape index (κ2) is 7.50. The second-order valence-electron chi connectivity index (χ2n) is 3.61. The fourth-order valence-electron chi connectivity index (χ4n) is 1.96. The molecule has 18 heavy (non-hydrogen) atoms. The minimum Gasteiger partial charge on any atom is -1.00 e. The first kappa shape index (κ1) is 18.7. The Balaban J connectivity index is 0.000000963. The number of halogens is 4. The monoisotopic (exact) mass is 481 g/mol. The Hall–Kier alpha value is 0.733. The van der Waals surface area contributed by atoms with Crippen molar-refractivity contribution in [3.8, 4) is 0 Å². The van der Waals surface area contributed by atoms with Crippen molar-refractivity contribution in [3.05, 3.63) is 51.4 Å². The minimum absolute atomic E-state index is 0. The first-order valence-electron chi connectivity index (χ1n) is 4.68. The van der Waals surface area contributed by atoms with Crippen molar-refractivity contribution in [2.24, 2.45) is 0 Å². The van der Waals surface area contributed by atoms with Crippen LogP contribution in [-0.4, -0.2) is 0 Å². The molecule has 0 amide bonds. The zero-order chi connectivity index (χ0) is 10.4. The van der Waals surface area contributed by atoms with Gasteiger partial charge in [0.25, 0.3) is 0 Å². The van der Waals surface area contributed by atoms with Gasteiger partial charge in [0.05, 0.1) is 0 Å². The number of fused-ring (bicyclic) bond motifs is 3. The maximum atomic E-state index is 3.49. The molecule has 3 rings (SSSR count). The van der Waals surface area contributed by atoms with Crippen LogP contribution in [0.5, 0.6) is 0 Å². The van der Waals surface area contributed by atoms with Crippen LogP contribution in [0.4, 0.5) is 0 Å². The number of hydrogen-bond acceptors (Lipinski definition) is 0. The van der Waals surface area contributed by atoms with Gasteiger partial charge in [-0.2, -0.15) is 0 Å². The van der Waals surface area contributed by atoms with Gasteiger partial charge in [-0.3, -0.25) is 0 Å². The van der Waals surface area contributed by atoms with Gasteiger partial charge < -0.3 is 24.8 Å². The normalized spacial score (nSPS) is 9.44. The van der Waals surface area contributed by atoms with Crippen LogP contribution in [0.3, 0.4) is 0 Å². The van der Waals surface area contributed by atoms with E-state index in [0.717, 1.165) is 8.95 Å². The maximum Gasteiger partial charge on any atom is 3.00 e. The summed E-state index contributed by atoms with van der Waals surface area (Å²) in [7, 11) is 0. The average Bonchev–Trinajstić information content (AvgIpc) is 2.53. The minimum atomic E-state index is 0. The van der Waals surface area contributed by atoms with Gasteiger partial charge in [-0.25, -0.2) is 0 Å². The van der Waals surface area contributed by atoms with E-state index in [1.807, 2.05) is 0 Å². The van der Waals surface area contributed by atoms with E-state index >= 15 is 0 Å². The zero-order valence-corrected chi connectivity index (χ0v) is 16.2. The molecule has 0 unspecified atom stereocenters. The van der Waals surface area contributed by atoms with Gasteiger partial charge in [0.1, 0.15) is 0 Å². The topological polar surface area (TPSA) is 0 Å². The van der Waals surface area contributed by atoms with E-state index in [-0.39, 0.29) is 51.0 Å². The molecule has 0 atom stereocenters. The van der Waals surface area contributed by atoms with Gasteiger partial charge in [-0.1, -0.05) is 56.1 Å². The second-order valence-corrected chi connectivity index (χ2v) is 5.44. The third kappa shape index (κ3) is 3.43. The van der Waals surface area contributed by atoms with E-state index in [2.05, 4.69) is 74.3 Å². The summed E-state index contributed by atoms with van der Waals surface area (Å²) in [6, 6.07) is 15.0. The molecule has 0 aliphatic heterocycles. The summed E-state index contributed by atoms with van der Waals surface area (Å²) >= 11 is 6.99. The molecule has 1 radical (unpaired) electrons. The van der Waals surface area contributed by atoms with E-state index in [4.69, 9.17) is 0 Å². The largest absolute Gasteiger partial charge is 3.00 e. The van der Waals surface area contributed by atoms with Gasteiger partial charge in [0, 0.05) is 0 Å². The molecular formula is C13H7Br2Cl2Zr. The van der Waals surface area contributed by atoms with Gasteiger partial charge >= 0.3 is 26.2 Å². The van der Waals surface area contributed by atoms with Crippen molar-refractivity contribution in [2.75, 3.05) is 0 Å².